The molecule has 0 unspecified atom stereocenters. The summed E-state index contributed by atoms with van der Waals surface area (Å²) in [5, 5.41) is 0. The van der Waals surface area contributed by atoms with Gasteiger partial charge in [-0.25, -0.2) is 4.98 Å². The summed E-state index contributed by atoms with van der Waals surface area (Å²) in [6.45, 7) is 3.23. The third-order valence-corrected chi connectivity index (χ3v) is 6.30. The lowest BCUT2D eigenvalue weighted by Gasteiger charge is -2.44. The highest BCUT2D eigenvalue weighted by atomic mass is 15.2. The number of hydrogen-bond donors (Lipinski definition) is 0. The van der Waals surface area contributed by atoms with Gasteiger partial charge in [0.1, 0.15) is 0 Å². The smallest absolute Gasteiger partial charge is 0.0951 e. The number of aromatic nitrogens is 2. The normalized spacial score (nSPS) is 19.9. The maximum atomic E-state index is 4.44. The van der Waals surface area contributed by atoms with Gasteiger partial charge in [-0.3, -0.25) is 4.90 Å². The summed E-state index contributed by atoms with van der Waals surface area (Å²) in [6.07, 6.45) is 9.14. The highest BCUT2D eigenvalue weighted by Crippen LogP contribution is 2.41. The molecule has 138 valence electrons. The molecule has 0 radical (unpaired) electrons. The van der Waals surface area contributed by atoms with Crippen LogP contribution in [0.25, 0.3) is 0 Å². The van der Waals surface area contributed by atoms with Crippen LogP contribution >= 0.6 is 0 Å². The SMILES string of the molecule is c1ccc(C2(c3ccccc3)CCCN(Cc3cncn3C3CC3)C2)cc1. The van der Waals surface area contributed by atoms with Gasteiger partial charge in [-0.05, 0) is 43.4 Å². The Kier molecular flexibility index (Phi) is 4.33. The Hall–Kier alpha value is -2.39. The van der Waals surface area contributed by atoms with Crippen LogP contribution in [0, 0.1) is 0 Å². The number of imidazole rings is 1. The van der Waals surface area contributed by atoms with E-state index in [1.807, 2.05) is 6.33 Å². The molecule has 2 fully saturated rings. The molecule has 3 aromatic rings. The minimum Gasteiger partial charge on any atom is -0.330 e. The van der Waals surface area contributed by atoms with Gasteiger partial charge in [0.05, 0.1) is 12.0 Å². The molecule has 1 aliphatic carbocycles. The molecule has 1 saturated carbocycles. The molecule has 0 amide bonds. The molecule has 0 spiro atoms. The molecule has 1 aromatic heterocycles. The highest BCUT2D eigenvalue weighted by Gasteiger charge is 2.39. The average Bonchev–Trinajstić information content (AvgIpc) is 3.48. The fourth-order valence-corrected chi connectivity index (χ4v) is 4.80. The topological polar surface area (TPSA) is 21.1 Å². The van der Waals surface area contributed by atoms with Crippen molar-refractivity contribution in [1.29, 1.82) is 0 Å². The molecular formula is C24H27N3. The zero-order chi connectivity index (χ0) is 18.1. The average molecular weight is 358 g/mol. The number of likely N-dealkylation sites (tertiary alicyclic amines) is 1. The van der Waals surface area contributed by atoms with Crippen molar-refractivity contribution in [2.45, 2.75) is 43.7 Å². The van der Waals surface area contributed by atoms with Crippen LogP contribution in [0.3, 0.4) is 0 Å². The van der Waals surface area contributed by atoms with Crippen molar-refractivity contribution in [3.8, 4) is 0 Å². The fraction of sp³-hybridized carbons (Fsp3) is 0.375. The summed E-state index contributed by atoms with van der Waals surface area (Å²) in [5.74, 6) is 0. The van der Waals surface area contributed by atoms with E-state index in [1.54, 1.807) is 0 Å². The molecule has 5 rings (SSSR count). The van der Waals surface area contributed by atoms with Gasteiger partial charge in [0.25, 0.3) is 0 Å². The number of nitrogens with zero attached hydrogens (tertiary/aromatic N) is 3. The predicted molar refractivity (Wildman–Crippen MR) is 109 cm³/mol. The molecule has 2 aliphatic rings. The second kappa shape index (κ2) is 6.97. The van der Waals surface area contributed by atoms with Gasteiger partial charge in [-0.2, -0.15) is 0 Å². The monoisotopic (exact) mass is 357 g/mol. The molecule has 2 aromatic carbocycles. The molecule has 1 aliphatic heterocycles. The zero-order valence-electron chi connectivity index (χ0n) is 15.8. The summed E-state index contributed by atoms with van der Waals surface area (Å²) < 4.78 is 2.40. The summed E-state index contributed by atoms with van der Waals surface area (Å²) >= 11 is 0. The lowest BCUT2D eigenvalue weighted by atomic mass is 9.69. The Morgan fingerprint density at radius 2 is 1.59 bits per heavy atom. The molecule has 0 bridgehead atoms. The number of rotatable bonds is 5. The van der Waals surface area contributed by atoms with E-state index in [2.05, 4.69) is 81.3 Å². The van der Waals surface area contributed by atoms with E-state index in [0.717, 1.165) is 19.6 Å². The van der Waals surface area contributed by atoms with Crippen LogP contribution in [0.2, 0.25) is 0 Å². The first kappa shape index (κ1) is 16.8. The van der Waals surface area contributed by atoms with Gasteiger partial charge < -0.3 is 4.57 Å². The van der Waals surface area contributed by atoms with Crippen molar-refractivity contribution in [3.05, 3.63) is 90.0 Å². The van der Waals surface area contributed by atoms with Crippen molar-refractivity contribution in [2.24, 2.45) is 0 Å². The third-order valence-electron chi connectivity index (χ3n) is 6.30. The van der Waals surface area contributed by atoms with E-state index < -0.39 is 0 Å². The van der Waals surface area contributed by atoms with Crippen LogP contribution < -0.4 is 0 Å². The van der Waals surface area contributed by atoms with Gasteiger partial charge in [-0.15, -0.1) is 0 Å². The van der Waals surface area contributed by atoms with Gasteiger partial charge in [-0.1, -0.05) is 60.7 Å². The van der Waals surface area contributed by atoms with Crippen LogP contribution in [0.15, 0.2) is 73.2 Å². The predicted octanol–water partition coefficient (Wildman–Crippen LogP) is 4.80. The summed E-state index contributed by atoms with van der Waals surface area (Å²) in [6, 6.07) is 22.9. The molecule has 3 heteroatoms. The maximum absolute atomic E-state index is 4.44. The Morgan fingerprint density at radius 1 is 0.926 bits per heavy atom. The maximum Gasteiger partial charge on any atom is 0.0951 e. The van der Waals surface area contributed by atoms with Gasteiger partial charge >= 0.3 is 0 Å². The largest absolute Gasteiger partial charge is 0.330 e. The van der Waals surface area contributed by atoms with E-state index in [1.165, 1.54) is 42.5 Å². The van der Waals surface area contributed by atoms with E-state index in [0.29, 0.717) is 6.04 Å². The molecule has 0 N–H and O–H groups in total. The van der Waals surface area contributed by atoms with Gasteiger partial charge in [0, 0.05) is 30.7 Å². The Bertz CT molecular complexity index is 841. The van der Waals surface area contributed by atoms with Crippen molar-refractivity contribution < 1.29 is 0 Å². The summed E-state index contributed by atoms with van der Waals surface area (Å²) in [7, 11) is 0. The number of piperidine rings is 1. The molecule has 27 heavy (non-hydrogen) atoms. The second-order valence-electron chi connectivity index (χ2n) is 8.15. The first-order valence-electron chi connectivity index (χ1n) is 10.2. The van der Waals surface area contributed by atoms with Crippen molar-refractivity contribution in [3.63, 3.8) is 0 Å². The summed E-state index contributed by atoms with van der Waals surface area (Å²) in [4.78, 5) is 7.08. The van der Waals surface area contributed by atoms with Crippen molar-refractivity contribution >= 4 is 0 Å². The van der Waals surface area contributed by atoms with Gasteiger partial charge in [0.2, 0.25) is 0 Å². The molecular weight excluding hydrogens is 330 g/mol. The standard InChI is InChI=1S/C24H27N3/c1-3-8-20(9-4-1)24(21-10-5-2-6-11-21)14-7-15-26(18-24)17-23-16-25-19-27(23)22-12-13-22/h1-6,8-11,16,19,22H,7,12-15,17-18H2. The second-order valence-corrected chi connectivity index (χ2v) is 8.15. The van der Waals surface area contributed by atoms with E-state index >= 15 is 0 Å². The Balaban J connectivity index is 1.47. The number of benzene rings is 2. The van der Waals surface area contributed by atoms with Gasteiger partial charge in [0.15, 0.2) is 0 Å². The number of hydrogen-bond acceptors (Lipinski definition) is 2. The van der Waals surface area contributed by atoms with Crippen LogP contribution in [0.5, 0.6) is 0 Å². The van der Waals surface area contributed by atoms with Crippen molar-refractivity contribution in [1.82, 2.24) is 14.5 Å². The first-order valence-corrected chi connectivity index (χ1v) is 10.2. The lowest BCUT2D eigenvalue weighted by Crippen LogP contribution is -2.46. The lowest BCUT2D eigenvalue weighted by molar-refractivity contribution is 0.158. The quantitative estimate of drug-likeness (QED) is 0.654. The molecule has 2 heterocycles. The highest BCUT2D eigenvalue weighted by molar-refractivity contribution is 5.40. The fourth-order valence-electron chi connectivity index (χ4n) is 4.80. The van der Waals surface area contributed by atoms with E-state index in [9.17, 15) is 0 Å². The third kappa shape index (κ3) is 3.21. The van der Waals surface area contributed by atoms with Crippen LogP contribution in [-0.4, -0.2) is 27.5 Å². The first-order chi connectivity index (χ1) is 13.4. The zero-order valence-corrected chi connectivity index (χ0v) is 15.8. The van der Waals surface area contributed by atoms with Crippen molar-refractivity contribution in [2.75, 3.05) is 13.1 Å². The van der Waals surface area contributed by atoms with Crippen LogP contribution in [0.4, 0.5) is 0 Å². The van der Waals surface area contributed by atoms with Crippen LogP contribution in [-0.2, 0) is 12.0 Å². The minimum atomic E-state index is 0.0746. The molecule has 0 atom stereocenters. The molecule has 1 saturated heterocycles. The van der Waals surface area contributed by atoms with E-state index in [-0.39, 0.29) is 5.41 Å². The summed E-state index contributed by atoms with van der Waals surface area (Å²) in [5.41, 5.74) is 4.33. The minimum absolute atomic E-state index is 0.0746. The molecule has 3 nitrogen and oxygen atoms in total. The van der Waals surface area contributed by atoms with Crippen LogP contribution in [0.1, 0.15) is 48.5 Å². The Labute approximate surface area is 161 Å². The van der Waals surface area contributed by atoms with E-state index in [4.69, 9.17) is 0 Å². The Morgan fingerprint density at radius 3 is 2.22 bits per heavy atom.